The zero-order chi connectivity index (χ0) is 27.4. The molecule has 5 aromatic rings. The maximum absolute atomic E-state index is 14.8. The van der Waals surface area contributed by atoms with Crippen LogP contribution < -0.4 is 15.2 Å². The number of hydrogen-bond donors (Lipinski definition) is 1. The van der Waals surface area contributed by atoms with Gasteiger partial charge in [-0.15, -0.1) is 0 Å². The number of ether oxygens (including phenoxy) is 2. The highest BCUT2D eigenvalue weighted by Crippen LogP contribution is 2.38. The molecule has 0 bridgehead atoms. The Morgan fingerprint density at radius 2 is 2.10 bits per heavy atom. The fourth-order valence-electron chi connectivity index (χ4n) is 5.90. The number of imidazole rings is 1. The molecule has 1 amide bonds. The van der Waals surface area contributed by atoms with Gasteiger partial charge >= 0.3 is 0 Å². The van der Waals surface area contributed by atoms with Gasteiger partial charge in [-0.05, 0) is 55.3 Å². The van der Waals surface area contributed by atoms with Gasteiger partial charge in [-0.1, -0.05) is 0 Å². The van der Waals surface area contributed by atoms with Crippen LogP contribution in [-0.2, 0) is 13.1 Å². The maximum atomic E-state index is 14.8. The first kappa shape index (κ1) is 24.6. The number of likely N-dealkylation sites (tertiary alicyclic amines) is 1. The van der Waals surface area contributed by atoms with E-state index in [2.05, 4.69) is 15.6 Å². The van der Waals surface area contributed by atoms with Gasteiger partial charge in [-0.3, -0.25) is 9.78 Å². The summed E-state index contributed by atoms with van der Waals surface area (Å²) in [5.41, 5.74) is 10.2. The molecular formula is C30H29FN6O3. The second-order valence-corrected chi connectivity index (χ2v) is 10.4. The quantitative estimate of drug-likeness (QED) is 0.359. The van der Waals surface area contributed by atoms with Crippen molar-refractivity contribution in [1.82, 2.24) is 24.0 Å². The summed E-state index contributed by atoms with van der Waals surface area (Å²) in [6, 6.07) is 14.5. The Labute approximate surface area is 229 Å². The number of aromatic nitrogens is 4. The number of hydrogen-bond acceptors (Lipinski definition) is 6. The first-order chi connectivity index (χ1) is 19.5. The van der Waals surface area contributed by atoms with E-state index in [1.807, 2.05) is 39.8 Å². The van der Waals surface area contributed by atoms with E-state index in [-0.39, 0.29) is 24.3 Å². The van der Waals surface area contributed by atoms with Crippen molar-refractivity contribution in [3.8, 4) is 23.0 Å². The molecule has 0 aliphatic carbocycles. The van der Waals surface area contributed by atoms with Crippen LogP contribution in [0, 0.1) is 5.82 Å². The van der Waals surface area contributed by atoms with E-state index in [9.17, 15) is 9.18 Å². The number of nitrogens with zero attached hydrogens (tertiary/aromatic N) is 5. The topological polar surface area (TPSA) is 100 Å². The Morgan fingerprint density at radius 3 is 2.92 bits per heavy atom. The summed E-state index contributed by atoms with van der Waals surface area (Å²) in [7, 11) is 1.62. The van der Waals surface area contributed by atoms with E-state index in [1.54, 1.807) is 19.4 Å². The van der Waals surface area contributed by atoms with Crippen molar-refractivity contribution >= 4 is 27.8 Å². The van der Waals surface area contributed by atoms with Crippen LogP contribution in [0.1, 0.15) is 28.9 Å². The minimum atomic E-state index is -0.371. The molecule has 10 heteroatoms. The van der Waals surface area contributed by atoms with Gasteiger partial charge in [0, 0.05) is 42.3 Å². The number of carbonyl (C=O) groups is 1. The van der Waals surface area contributed by atoms with Crippen LogP contribution in [-0.4, -0.2) is 62.8 Å². The van der Waals surface area contributed by atoms with Crippen LogP contribution in [0.3, 0.4) is 0 Å². The molecule has 9 nitrogen and oxygen atoms in total. The van der Waals surface area contributed by atoms with E-state index >= 15 is 0 Å². The van der Waals surface area contributed by atoms with Crippen molar-refractivity contribution in [2.24, 2.45) is 5.73 Å². The van der Waals surface area contributed by atoms with Gasteiger partial charge in [0.25, 0.3) is 5.91 Å². The van der Waals surface area contributed by atoms with Gasteiger partial charge in [-0.25, -0.2) is 9.37 Å². The van der Waals surface area contributed by atoms with Gasteiger partial charge in [0.15, 0.2) is 5.82 Å². The summed E-state index contributed by atoms with van der Waals surface area (Å²) >= 11 is 0. The molecule has 0 spiro atoms. The Bertz CT molecular complexity index is 1780. The summed E-state index contributed by atoms with van der Waals surface area (Å²) in [4.78, 5) is 24.6. The SMILES string of the molecule is COc1ccc2cc(-c3nc4cc(C(=O)N5CCCC(N)C5)cc5c4n3CCO5)n(Cc3ncccc3F)c2c1. The fraction of sp³-hybridized carbons (Fsp3) is 0.300. The molecule has 2 aliphatic heterocycles. The van der Waals surface area contributed by atoms with E-state index in [4.69, 9.17) is 20.2 Å². The number of methoxy groups -OCH3 is 1. The number of pyridine rings is 1. The van der Waals surface area contributed by atoms with Crippen LogP contribution in [0.25, 0.3) is 33.5 Å². The fourth-order valence-corrected chi connectivity index (χ4v) is 5.90. The van der Waals surface area contributed by atoms with Crippen LogP contribution in [0.5, 0.6) is 11.5 Å². The third kappa shape index (κ3) is 4.06. The first-order valence-corrected chi connectivity index (χ1v) is 13.5. The highest BCUT2D eigenvalue weighted by atomic mass is 19.1. The second-order valence-electron chi connectivity index (χ2n) is 10.4. The third-order valence-corrected chi connectivity index (χ3v) is 7.85. The third-order valence-electron chi connectivity index (χ3n) is 7.85. The lowest BCUT2D eigenvalue weighted by molar-refractivity contribution is 0.0708. The minimum Gasteiger partial charge on any atom is -0.497 e. The highest BCUT2D eigenvalue weighted by Gasteiger charge is 2.28. The molecule has 1 unspecified atom stereocenters. The average molecular weight is 541 g/mol. The molecular weight excluding hydrogens is 511 g/mol. The van der Waals surface area contributed by atoms with Gasteiger partial charge in [0.2, 0.25) is 0 Å². The van der Waals surface area contributed by atoms with E-state index < -0.39 is 0 Å². The molecule has 204 valence electrons. The number of halogens is 1. The van der Waals surface area contributed by atoms with E-state index in [0.717, 1.165) is 40.8 Å². The van der Waals surface area contributed by atoms with Crippen molar-refractivity contribution in [3.05, 3.63) is 71.8 Å². The lowest BCUT2D eigenvalue weighted by Gasteiger charge is -2.31. The summed E-state index contributed by atoms with van der Waals surface area (Å²) in [6.07, 6.45) is 3.41. The van der Waals surface area contributed by atoms with Crippen molar-refractivity contribution in [2.75, 3.05) is 26.8 Å². The first-order valence-electron chi connectivity index (χ1n) is 13.5. The Kier molecular flexibility index (Phi) is 5.92. The number of amides is 1. The Balaban J connectivity index is 1.39. The molecule has 7 rings (SSSR count). The maximum Gasteiger partial charge on any atom is 0.254 e. The van der Waals surface area contributed by atoms with Crippen LogP contribution in [0.2, 0.25) is 0 Å². The van der Waals surface area contributed by atoms with Crippen molar-refractivity contribution in [1.29, 1.82) is 0 Å². The molecule has 2 N–H and O–H groups in total. The summed E-state index contributed by atoms with van der Waals surface area (Å²) in [6.45, 7) is 2.48. The normalized spacial score (nSPS) is 16.9. The van der Waals surface area contributed by atoms with Crippen LogP contribution >= 0.6 is 0 Å². The highest BCUT2D eigenvalue weighted by molar-refractivity contribution is 6.00. The van der Waals surface area contributed by atoms with Crippen molar-refractivity contribution in [3.63, 3.8) is 0 Å². The molecule has 5 heterocycles. The van der Waals surface area contributed by atoms with Crippen LogP contribution in [0.4, 0.5) is 4.39 Å². The number of rotatable bonds is 5. The van der Waals surface area contributed by atoms with E-state index in [1.165, 1.54) is 6.07 Å². The van der Waals surface area contributed by atoms with Gasteiger partial charge in [0.1, 0.15) is 29.4 Å². The largest absolute Gasteiger partial charge is 0.497 e. The lowest BCUT2D eigenvalue weighted by atomic mass is 10.0. The standard InChI is InChI=1S/C30H29FN6O3/c1-39-21-7-6-18-13-26(37(25(18)15-21)17-24-22(31)5-2-8-33-24)29-34-23-12-19(14-27-28(23)36(29)10-11-40-27)30(38)35-9-3-4-20(32)16-35/h2,5-8,12-15,20H,3-4,9-11,16-17,32H2,1H3. The predicted octanol–water partition coefficient (Wildman–Crippen LogP) is 4.20. The Hall–Kier alpha value is -4.44. The molecule has 0 saturated carbocycles. The summed E-state index contributed by atoms with van der Waals surface area (Å²) in [5.74, 6) is 1.61. The molecule has 3 aromatic heterocycles. The van der Waals surface area contributed by atoms with Crippen molar-refractivity contribution < 1.29 is 18.7 Å². The zero-order valence-electron chi connectivity index (χ0n) is 22.1. The summed E-state index contributed by atoms with van der Waals surface area (Å²) in [5, 5.41) is 0.969. The number of piperidine rings is 1. The molecule has 0 radical (unpaired) electrons. The second kappa shape index (κ2) is 9.63. The number of carbonyl (C=O) groups excluding carboxylic acids is 1. The average Bonchev–Trinajstić information content (AvgIpc) is 3.52. The van der Waals surface area contributed by atoms with Gasteiger partial charge in [0.05, 0.1) is 42.6 Å². The monoisotopic (exact) mass is 540 g/mol. The predicted molar refractivity (Wildman–Crippen MR) is 149 cm³/mol. The molecule has 1 fully saturated rings. The summed E-state index contributed by atoms with van der Waals surface area (Å²) < 4.78 is 30.4. The smallest absolute Gasteiger partial charge is 0.254 e. The van der Waals surface area contributed by atoms with Crippen molar-refractivity contribution in [2.45, 2.75) is 32.0 Å². The van der Waals surface area contributed by atoms with Gasteiger partial charge < -0.3 is 29.2 Å². The number of fused-ring (bicyclic) bond motifs is 1. The lowest BCUT2D eigenvalue weighted by Crippen LogP contribution is -2.45. The molecule has 2 aromatic carbocycles. The Morgan fingerprint density at radius 1 is 1.20 bits per heavy atom. The van der Waals surface area contributed by atoms with Crippen LogP contribution in [0.15, 0.2) is 54.7 Å². The zero-order valence-corrected chi connectivity index (χ0v) is 22.1. The minimum absolute atomic E-state index is 0.00803. The molecule has 40 heavy (non-hydrogen) atoms. The number of benzene rings is 2. The van der Waals surface area contributed by atoms with E-state index in [0.29, 0.717) is 54.5 Å². The molecule has 2 aliphatic rings. The van der Waals surface area contributed by atoms with Gasteiger partial charge in [-0.2, -0.15) is 0 Å². The molecule has 1 atom stereocenters. The number of nitrogens with two attached hydrogens (primary N) is 1. The molecule has 1 saturated heterocycles.